The number of hydrogen-bond donors (Lipinski definition) is 0. The smallest absolute Gasteiger partial charge is 0.129 e. The highest BCUT2D eigenvalue weighted by Crippen LogP contribution is 2.32. The predicted octanol–water partition coefficient (Wildman–Crippen LogP) is 4.63. The Kier molecular flexibility index (Phi) is 4.87. The molecule has 3 aromatic rings. The van der Waals surface area contributed by atoms with Crippen molar-refractivity contribution >= 4 is 0 Å². The summed E-state index contributed by atoms with van der Waals surface area (Å²) in [5.41, 5.74) is 3.89. The lowest BCUT2D eigenvalue weighted by atomic mass is 9.98. The van der Waals surface area contributed by atoms with E-state index in [0.717, 1.165) is 22.3 Å². The van der Waals surface area contributed by atoms with E-state index < -0.39 is 0 Å². The summed E-state index contributed by atoms with van der Waals surface area (Å²) >= 11 is 0. The standard InChI is InChI=1S/C20H18FNO2/c1-23-19-13-17(21)7-8-18(19)14-3-5-15(6-4-14)20(24-2)16-9-11-22-12-10-16/h3-13,20H,1-2H3. The van der Waals surface area contributed by atoms with Crippen LogP contribution >= 0.6 is 0 Å². The predicted molar refractivity (Wildman–Crippen MR) is 91.5 cm³/mol. The molecule has 0 fully saturated rings. The first-order chi connectivity index (χ1) is 11.7. The van der Waals surface area contributed by atoms with Crippen molar-refractivity contribution in [2.75, 3.05) is 14.2 Å². The molecule has 1 atom stereocenters. The summed E-state index contributed by atoms with van der Waals surface area (Å²) in [4.78, 5) is 4.04. The zero-order chi connectivity index (χ0) is 16.9. The summed E-state index contributed by atoms with van der Waals surface area (Å²) in [7, 11) is 3.22. The van der Waals surface area contributed by atoms with Crippen molar-refractivity contribution in [3.63, 3.8) is 0 Å². The minimum absolute atomic E-state index is 0.155. The molecule has 24 heavy (non-hydrogen) atoms. The largest absolute Gasteiger partial charge is 0.496 e. The Hall–Kier alpha value is -2.72. The lowest BCUT2D eigenvalue weighted by Crippen LogP contribution is -2.03. The van der Waals surface area contributed by atoms with E-state index in [1.54, 1.807) is 25.6 Å². The third-order valence-electron chi connectivity index (χ3n) is 3.93. The molecule has 0 bridgehead atoms. The van der Waals surface area contributed by atoms with Crippen LogP contribution in [0.3, 0.4) is 0 Å². The fraction of sp³-hybridized carbons (Fsp3) is 0.150. The Balaban J connectivity index is 1.93. The van der Waals surface area contributed by atoms with Gasteiger partial charge in [-0.05, 0) is 41.0 Å². The van der Waals surface area contributed by atoms with Gasteiger partial charge in [-0.15, -0.1) is 0 Å². The lowest BCUT2D eigenvalue weighted by molar-refractivity contribution is 0.136. The average molecular weight is 323 g/mol. The van der Waals surface area contributed by atoms with Crippen molar-refractivity contribution in [3.05, 3.63) is 83.9 Å². The van der Waals surface area contributed by atoms with Gasteiger partial charge in [-0.25, -0.2) is 4.39 Å². The first kappa shape index (κ1) is 16.1. The molecule has 2 aromatic carbocycles. The molecule has 0 aliphatic rings. The molecular weight excluding hydrogens is 305 g/mol. The van der Waals surface area contributed by atoms with Crippen LogP contribution in [0.4, 0.5) is 4.39 Å². The van der Waals surface area contributed by atoms with Gasteiger partial charge in [-0.2, -0.15) is 0 Å². The first-order valence-corrected chi connectivity index (χ1v) is 7.59. The van der Waals surface area contributed by atoms with E-state index in [4.69, 9.17) is 9.47 Å². The molecule has 0 N–H and O–H groups in total. The first-order valence-electron chi connectivity index (χ1n) is 7.59. The maximum atomic E-state index is 13.4. The van der Waals surface area contributed by atoms with E-state index in [2.05, 4.69) is 4.98 Å². The average Bonchev–Trinajstić information content (AvgIpc) is 2.64. The molecule has 3 nitrogen and oxygen atoms in total. The third-order valence-corrected chi connectivity index (χ3v) is 3.93. The van der Waals surface area contributed by atoms with Crippen molar-refractivity contribution in [2.45, 2.75) is 6.10 Å². The van der Waals surface area contributed by atoms with Gasteiger partial charge in [0.05, 0.1) is 7.11 Å². The number of ether oxygens (including phenoxy) is 2. The SMILES string of the molecule is COc1cc(F)ccc1-c1ccc(C(OC)c2ccncc2)cc1. The lowest BCUT2D eigenvalue weighted by Gasteiger charge is -2.17. The number of methoxy groups -OCH3 is 2. The Morgan fingerprint density at radius 3 is 2.17 bits per heavy atom. The van der Waals surface area contributed by atoms with Gasteiger partial charge in [-0.1, -0.05) is 24.3 Å². The summed E-state index contributed by atoms with van der Waals surface area (Å²) < 4.78 is 24.3. The van der Waals surface area contributed by atoms with E-state index in [1.807, 2.05) is 36.4 Å². The van der Waals surface area contributed by atoms with Crippen LogP contribution in [-0.4, -0.2) is 19.2 Å². The molecule has 0 saturated carbocycles. The van der Waals surface area contributed by atoms with E-state index in [9.17, 15) is 4.39 Å². The van der Waals surface area contributed by atoms with Gasteiger partial charge in [0.1, 0.15) is 17.7 Å². The van der Waals surface area contributed by atoms with E-state index in [0.29, 0.717) is 5.75 Å². The molecule has 4 heteroatoms. The number of rotatable bonds is 5. The summed E-state index contributed by atoms with van der Waals surface area (Å²) in [5.74, 6) is 0.199. The molecule has 122 valence electrons. The number of aromatic nitrogens is 1. The fourth-order valence-corrected chi connectivity index (χ4v) is 2.74. The van der Waals surface area contributed by atoms with Crippen molar-refractivity contribution < 1.29 is 13.9 Å². The molecule has 0 saturated heterocycles. The summed E-state index contributed by atoms with van der Waals surface area (Å²) in [6.07, 6.45) is 3.34. The monoisotopic (exact) mass is 323 g/mol. The van der Waals surface area contributed by atoms with Gasteiger partial charge in [0, 0.05) is 31.1 Å². The highest BCUT2D eigenvalue weighted by Gasteiger charge is 2.14. The number of halogens is 1. The van der Waals surface area contributed by atoms with Crippen LogP contribution in [0.2, 0.25) is 0 Å². The van der Waals surface area contributed by atoms with E-state index in [-0.39, 0.29) is 11.9 Å². The van der Waals surface area contributed by atoms with Gasteiger partial charge in [-0.3, -0.25) is 4.98 Å². The zero-order valence-electron chi connectivity index (χ0n) is 13.6. The van der Waals surface area contributed by atoms with Gasteiger partial charge < -0.3 is 9.47 Å². The van der Waals surface area contributed by atoms with E-state index in [1.165, 1.54) is 19.2 Å². The molecule has 1 aromatic heterocycles. The van der Waals surface area contributed by atoms with Crippen LogP contribution in [0.5, 0.6) is 5.75 Å². The van der Waals surface area contributed by atoms with Crippen molar-refractivity contribution in [3.8, 4) is 16.9 Å². The molecule has 0 aliphatic carbocycles. The molecule has 1 unspecified atom stereocenters. The fourth-order valence-electron chi connectivity index (χ4n) is 2.74. The third kappa shape index (κ3) is 3.29. The highest BCUT2D eigenvalue weighted by atomic mass is 19.1. The van der Waals surface area contributed by atoms with Gasteiger partial charge in [0.25, 0.3) is 0 Å². The van der Waals surface area contributed by atoms with Gasteiger partial charge in [0.2, 0.25) is 0 Å². The number of hydrogen-bond acceptors (Lipinski definition) is 3. The molecule has 1 heterocycles. The molecule has 0 amide bonds. The minimum Gasteiger partial charge on any atom is -0.496 e. The normalized spacial score (nSPS) is 12.0. The van der Waals surface area contributed by atoms with Gasteiger partial charge >= 0.3 is 0 Å². The second-order valence-electron chi connectivity index (χ2n) is 5.36. The second kappa shape index (κ2) is 7.23. The molecule has 3 rings (SSSR count). The number of pyridine rings is 1. The number of benzene rings is 2. The van der Waals surface area contributed by atoms with Crippen molar-refractivity contribution in [1.29, 1.82) is 0 Å². The summed E-state index contributed by atoms with van der Waals surface area (Å²) in [5, 5.41) is 0. The molecule has 0 radical (unpaired) electrons. The summed E-state index contributed by atoms with van der Waals surface area (Å²) in [6.45, 7) is 0. The maximum Gasteiger partial charge on any atom is 0.129 e. The molecule has 0 aliphatic heterocycles. The Morgan fingerprint density at radius 2 is 1.54 bits per heavy atom. The van der Waals surface area contributed by atoms with Crippen LogP contribution in [-0.2, 0) is 4.74 Å². The Morgan fingerprint density at radius 1 is 0.875 bits per heavy atom. The topological polar surface area (TPSA) is 31.4 Å². The van der Waals surface area contributed by atoms with Crippen LogP contribution in [0, 0.1) is 5.82 Å². The Labute approximate surface area is 140 Å². The zero-order valence-corrected chi connectivity index (χ0v) is 13.6. The van der Waals surface area contributed by atoms with Crippen molar-refractivity contribution in [1.82, 2.24) is 4.98 Å². The highest BCUT2D eigenvalue weighted by molar-refractivity contribution is 5.70. The van der Waals surface area contributed by atoms with Crippen LogP contribution in [0.25, 0.3) is 11.1 Å². The second-order valence-corrected chi connectivity index (χ2v) is 5.36. The van der Waals surface area contributed by atoms with Crippen LogP contribution in [0.15, 0.2) is 67.0 Å². The van der Waals surface area contributed by atoms with Crippen LogP contribution < -0.4 is 4.74 Å². The van der Waals surface area contributed by atoms with Crippen LogP contribution in [0.1, 0.15) is 17.2 Å². The van der Waals surface area contributed by atoms with Crippen molar-refractivity contribution in [2.24, 2.45) is 0 Å². The summed E-state index contributed by atoms with van der Waals surface area (Å²) in [6, 6.07) is 16.4. The molecular formula is C20H18FNO2. The van der Waals surface area contributed by atoms with E-state index >= 15 is 0 Å². The quantitative estimate of drug-likeness (QED) is 0.686. The molecule has 0 spiro atoms. The maximum absolute atomic E-state index is 13.4. The minimum atomic E-state index is -0.315. The Bertz CT molecular complexity index is 804. The number of nitrogens with zero attached hydrogens (tertiary/aromatic N) is 1. The van der Waals surface area contributed by atoms with Gasteiger partial charge in [0.15, 0.2) is 0 Å².